The van der Waals surface area contributed by atoms with E-state index in [1.807, 2.05) is 26.0 Å². The molecule has 4 nitrogen and oxygen atoms in total. The first-order valence-electron chi connectivity index (χ1n) is 6.23. The molecule has 0 spiro atoms. The Morgan fingerprint density at radius 3 is 2.10 bits per heavy atom. The first kappa shape index (κ1) is 14.4. The lowest BCUT2D eigenvalue weighted by Gasteiger charge is -2.20. The lowest BCUT2D eigenvalue weighted by molar-refractivity contribution is 0.594. The van der Waals surface area contributed by atoms with Gasteiger partial charge < -0.3 is 5.73 Å². The van der Waals surface area contributed by atoms with Crippen LogP contribution in [0, 0.1) is 13.8 Å². The molecule has 0 aliphatic rings. The molecule has 0 fully saturated rings. The lowest BCUT2D eigenvalue weighted by atomic mass is 10.2. The summed E-state index contributed by atoms with van der Waals surface area (Å²) in [5, 5.41) is 0. The van der Waals surface area contributed by atoms with Gasteiger partial charge >= 0.3 is 0 Å². The molecular formula is C15H18N2O2S. The monoisotopic (exact) mass is 290 g/mol. The fraction of sp³-hybridized carbons (Fsp3) is 0.200. The van der Waals surface area contributed by atoms with Crippen molar-refractivity contribution in [1.82, 2.24) is 0 Å². The van der Waals surface area contributed by atoms with Crippen LogP contribution >= 0.6 is 0 Å². The molecule has 0 aliphatic heterocycles. The zero-order valence-electron chi connectivity index (χ0n) is 11.8. The van der Waals surface area contributed by atoms with Crippen molar-refractivity contribution in [2.45, 2.75) is 18.7 Å². The van der Waals surface area contributed by atoms with Gasteiger partial charge in [0, 0.05) is 12.7 Å². The maximum absolute atomic E-state index is 12.6. The van der Waals surface area contributed by atoms with Crippen molar-refractivity contribution >= 4 is 21.4 Å². The molecule has 5 heteroatoms. The van der Waals surface area contributed by atoms with E-state index < -0.39 is 10.0 Å². The second-order valence-electron chi connectivity index (χ2n) is 4.89. The van der Waals surface area contributed by atoms with Gasteiger partial charge in [0.2, 0.25) is 0 Å². The summed E-state index contributed by atoms with van der Waals surface area (Å²) in [5.74, 6) is 0. The largest absolute Gasteiger partial charge is 0.399 e. The van der Waals surface area contributed by atoms with Crippen LogP contribution < -0.4 is 10.0 Å². The summed E-state index contributed by atoms with van der Waals surface area (Å²) < 4.78 is 26.4. The van der Waals surface area contributed by atoms with E-state index in [9.17, 15) is 8.42 Å². The number of nitrogen functional groups attached to an aromatic ring is 1. The molecule has 2 N–H and O–H groups in total. The molecule has 2 rings (SSSR count). The van der Waals surface area contributed by atoms with E-state index in [4.69, 9.17) is 5.73 Å². The van der Waals surface area contributed by atoms with Crippen molar-refractivity contribution in [2.75, 3.05) is 17.1 Å². The van der Waals surface area contributed by atoms with E-state index >= 15 is 0 Å². The summed E-state index contributed by atoms with van der Waals surface area (Å²) in [6, 6.07) is 12.2. The standard InChI is InChI=1S/C15H18N2O2S/c1-11-4-6-14(7-5-11)17(3)20(18,19)15-9-12(2)8-13(16)10-15/h4-10H,16H2,1-3H3. The highest BCUT2D eigenvalue weighted by Gasteiger charge is 2.21. The minimum Gasteiger partial charge on any atom is -0.399 e. The molecule has 2 aromatic carbocycles. The minimum absolute atomic E-state index is 0.207. The van der Waals surface area contributed by atoms with Gasteiger partial charge in [-0.1, -0.05) is 17.7 Å². The molecule has 0 radical (unpaired) electrons. The molecule has 0 atom stereocenters. The molecular weight excluding hydrogens is 272 g/mol. The van der Waals surface area contributed by atoms with Crippen LogP contribution in [-0.2, 0) is 10.0 Å². The molecule has 20 heavy (non-hydrogen) atoms. The van der Waals surface area contributed by atoms with E-state index in [1.165, 1.54) is 10.4 Å². The quantitative estimate of drug-likeness (QED) is 0.884. The van der Waals surface area contributed by atoms with Crippen molar-refractivity contribution in [3.63, 3.8) is 0 Å². The summed E-state index contributed by atoms with van der Waals surface area (Å²) in [7, 11) is -2.06. The highest BCUT2D eigenvalue weighted by molar-refractivity contribution is 7.92. The van der Waals surface area contributed by atoms with Crippen molar-refractivity contribution in [3.05, 3.63) is 53.6 Å². The van der Waals surface area contributed by atoms with Gasteiger partial charge in [0.1, 0.15) is 0 Å². The Labute approximate surface area is 119 Å². The SMILES string of the molecule is Cc1ccc(N(C)S(=O)(=O)c2cc(C)cc(N)c2)cc1. The number of sulfonamides is 1. The van der Waals surface area contributed by atoms with Crippen LogP contribution in [0.15, 0.2) is 47.4 Å². The lowest BCUT2D eigenvalue weighted by Crippen LogP contribution is -2.26. The number of benzene rings is 2. The van der Waals surface area contributed by atoms with Crippen LogP contribution in [0.3, 0.4) is 0 Å². The maximum Gasteiger partial charge on any atom is 0.264 e. The Hall–Kier alpha value is -2.01. The van der Waals surface area contributed by atoms with E-state index in [1.54, 1.807) is 31.3 Å². The van der Waals surface area contributed by atoms with E-state index in [0.717, 1.165) is 11.1 Å². The minimum atomic E-state index is -3.60. The number of hydrogen-bond donors (Lipinski definition) is 1. The summed E-state index contributed by atoms with van der Waals surface area (Å²) in [6.07, 6.45) is 0. The zero-order valence-corrected chi connectivity index (χ0v) is 12.6. The third-order valence-corrected chi connectivity index (χ3v) is 4.89. The molecule has 0 aliphatic carbocycles. The van der Waals surface area contributed by atoms with E-state index in [-0.39, 0.29) is 4.90 Å². The molecule has 0 unspecified atom stereocenters. The van der Waals surface area contributed by atoms with E-state index in [2.05, 4.69) is 0 Å². The predicted octanol–water partition coefficient (Wildman–Crippen LogP) is 2.71. The zero-order chi connectivity index (χ0) is 14.9. The van der Waals surface area contributed by atoms with Gasteiger partial charge in [-0.25, -0.2) is 8.42 Å². The average molecular weight is 290 g/mol. The third-order valence-electron chi connectivity index (χ3n) is 3.13. The van der Waals surface area contributed by atoms with Gasteiger partial charge in [0.15, 0.2) is 0 Å². The molecule has 106 valence electrons. The van der Waals surface area contributed by atoms with Crippen molar-refractivity contribution in [3.8, 4) is 0 Å². The number of nitrogens with zero attached hydrogens (tertiary/aromatic N) is 1. The third kappa shape index (κ3) is 2.77. The topological polar surface area (TPSA) is 63.4 Å². The Morgan fingerprint density at radius 2 is 1.55 bits per heavy atom. The van der Waals surface area contributed by atoms with Crippen LogP contribution in [0.1, 0.15) is 11.1 Å². The average Bonchev–Trinajstić information content (AvgIpc) is 2.37. The first-order valence-corrected chi connectivity index (χ1v) is 7.67. The number of rotatable bonds is 3. The molecule has 0 bridgehead atoms. The van der Waals surface area contributed by atoms with Gasteiger partial charge in [-0.15, -0.1) is 0 Å². The maximum atomic E-state index is 12.6. The van der Waals surface area contributed by atoms with E-state index in [0.29, 0.717) is 11.4 Å². The highest BCUT2D eigenvalue weighted by Crippen LogP contribution is 2.24. The summed E-state index contributed by atoms with van der Waals surface area (Å²) in [6.45, 7) is 3.78. The Balaban J connectivity index is 2.46. The summed E-state index contributed by atoms with van der Waals surface area (Å²) in [4.78, 5) is 0.207. The van der Waals surface area contributed by atoms with Gasteiger partial charge in [-0.2, -0.15) is 0 Å². The number of anilines is 2. The van der Waals surface area contributed by atoms with Gasteiger partial charge in [-0.05, 0) is 49.7 Å². The fourth-order valence-electron chi connectivity index (χ4n) is 1.98. The number of hydrogen-bond acceptors (Lipinski definition) is 3. The fourth-order valence-corrected chi connectivity index (χ4v) is 3.31. The van der Waals surface area contributed by atoms with Crippen molar-refractivity contribution in [2.24, 2.45) is 0 Å². The van der Waals surface area contributed by atoms with Crippen LogP contribution in [0.2, 0.25) is 0 Å². The van der Waals surface area contributed by atoms with Crippen LogP contribution in [0.4, 0.5) is 11.4 Å². The number of nitrogens with two attached hydrogens (primary N) is 1. The Kier molecular flexibility index (Phi) is 3.72. The van der Waals surface area contributed by atoms with Crippen molar-refractivity contribution < 1.29 is 8.42 Å². The first-order chi connectivity index (χ1) is 9.30. The Bertz CT molecular complexity index is 702. The smallest absolute Gasteiger partial charge is 0.264 e. The highest BCUT2D eigenvalue weighted by atomic mass is 32.2. The molecule has 0 amide bonds. The summed E-state index contributed by atoms with van der Waals surface area (Å²) >= 11 is 0. The van der Waals surface area contributed by atoms with Crippen molar-refractivity contribution in [1.29, 1.82) is 0 Å². The molecule has 2 aromatic rings. The van der Waals surface area contributed by atoms with Gasteiger partial charge in [0.05, 0.1) is 10.6 Å². The predicted molar refractivity (Wildman–Crippen MR) is 82.4 cm³/mol. The van der Waals surface area contributed by atoms with Crippen LogP contribution in [0.5, 0.6) is 0 Å². The summed E-state index contributed by atoms with van der Waals surface area (Å²) in [5.41, 5.74) is 8.70. The van der Waals surface area contributed by atoms with Gasteiger partial charge in [-0.3, -0.25) is 4.31 Å². The van der Waals surface area contributed by atoms with Crippen LogP contribution in [0.25, 0.3) is 0 Å². The second kappa shape index (κ2) is 5.17. The molecule has 0 saturated heterocycles. The normalized spacial score (nSPS) is 11.3. The van der Waals surface area contributed by atoms with Crippen LogP contribution in [-0.4, -0.2) is 15.5 Å². The second-order valence-corrected chi connectivity index (χ2v) is 6.86. The molecule has 0 aromatic heterocycles. The molecule has 0 heterocycles. The molecule has 0 saturated carbocycles. The van der Waals surface area contributed by atoms with Gasteiger partial charge in [0.25, 0.3) is 10.0 Å². The number of aryl methyl sites for hydroxylation is 2. The Morgan fingerprint density at radius 1 is 0.950 bits per heavy atom.